The van der Waals surface area contributed by atoms with Gasteiger partial charge in [-0.1, -0.05) is 46.5 Å². The lowest BCUT2D eigenvalue weighted by atomic mass is 9.92. The number of hydrogen-bond acceptors (Lipinski definition) is 1. The second-order valence-electron chi connectivity index (χ2n) is 5.61. The molecule has 1 nitrogen and oxygen atoms in total. The maximum Gasteiger partial charge on any atom is 0.00953 e. The zero-order valence-electron chi connectivity index (χ0n) is 11.6. The van der Waals surface area contributed by atoms with E-state index in [0.29, 0.717) is 0 Å². The van der Waals surface area contributed by atoms with Crippen LogP contribution in [0.5, 0.6) is 0 Å². The summed E-state index contributed by atoms with van der Waals surface area (Å²) in [5, 5.41) is 3.77. The third-order valence-electron chi connectivity index (χ3n) is 4.03. The number of rotatable bonds is 10. The molecular formula is C15H31N. The molecule has 1 rings (SSSR count). The van der Waals surface area contributed by atoms with Gasteiger partial charge in [0.1, 0.15) is 0 Å². The van der Waals surface area contributed by atoms with Gasteiger partial charge in [-0.05, 0) is 44.1 Å². The van der Waals surface area contributed by atoms with Gasteiger partial charge in [-0.2, -0.15) is 0 Å². The van der Waals surface area contributed by atoms with Crippen LogP contribution >= 0.6 is 0 Å². The Bertz CT molecular complexity index is 163. The quantitative estimate of drug-likeness (QED) is 0.544. The van der Waals surface area contributed by atoms with Crippen LogP contribution in [0, 0.1) is 11.8 Å². The first kappa shape index (κ1) is 14.0. The van der Waals surface area contributed by atoms with E-state index in [1.165, 1.54) is 57.9 Å². The first-order valence-corrected chi connectivity index (χ1v) is 7.53. The monoisotopic (exact) mass is 225 g/mol. The van der Waals surface area contributed by atoms with Crippen LogP contribution in [0.4, 0.5) is 0 Å². The Morgan fingerprint density at radius 3 is 2.38 bits per heavy atom. The predicted octanol–water partition coefficient (Wildman–Crippen LogP) is 4.37. The van der Waals surface area contributed by atoms with E-state index in [0.717, 1.165) is 17.9 Å². The molecule has 1 N–H and O–H groups in total. The van der Waals surface area contributed by atoms with Crippen LogP contribution < -0.4 is 5.32 Å². The molecule has 0 radical (unpaired) electrons. The highest BCUT2D eigenvalue weighted by Crippen LogP contribution is 2.39. The van der Waals surface area contributed by atoms with Gasteiger partial charge in [0.2, 0.25) is 0 Å². The maximum absolute atomic E-state index is 3.77. The standard InChI is InChI=1S/C15H31N/c1-4-6-7-8-9-15(16-12-5-2)13(3)14-10-11-14/h13-16H,4-12H2,1-3H3. The van der Waals surface area contributed by atoms with Crippen molar-refractivity contribution in [2.75, 3.05) is 6.54 Å². The average Bonchev–Trinajstić information content (AvgIpc) is 3.11. The first-order chi connectivity index (χ1) is 7.79. The van der Waals surface area contributed by atoms with Gasteiger partial charge in [-0.3, -0.25) is 0 Å². The molecule has 1 fully saturated rings. The van der Waals surface area contributed by atoms with E-state index in [-0.39, 0.29) is 0 Å². The van der Waals surface area contributed by atoms with Crippen LogP contribution in [0.3, 0.4) is 0 Å². The van der Waals surface area contributed by atoms with E-state index in [4.69, 9.17) is 0 Å². The molecule has 0 spiro atoms. The molecule has 16 heavy (non-hydrogen) atoms. The van der Waals surface area contributed by atoms with Crippen molar-refractivity contribution in [2.24, 2.45) is 11.8 Å². The van der Waals surface area contributed by atoms with Crippen molar-refractivity contribution in [1.82, 2.24) is 5.32 Å². The van der Waals surface area contributed by atoms with Crippen molar-refractivity contribution in [3.8, 4) is 0 Å². The van der Waals surface area contributed by atoms with Gasteiger partial charge in [0.05, 0.1) is 0 Å². The zero-order chi connectivity index (χ0) is 11.8. The molecule has 1 saturated carbocycles. The lowest BCUT2D eigenvalue weighted by Gasteiger charge is -2.25. The van der Waals surface area contributed by atoms with Gasteiger partial charge in [0.25, 0.3) is 0 Å². The fourth-order valence-electron chi connectivity index (χ4n) is 2.62. The minimum absolute atomic E-state index is 0.796. The Morgan fingerprint density at radius 2 is 1.81 bits per heavy atom. The van der Waals surface area contributed by atoms with E-state index in [2.05, 4.69) is 26.1 Å². The SMILES string of the molecule is CCCCCCC(NCCC)C(C)C1CC1. The van der Waals surface area contributed by atoms with E-state index in [9.17, 15) is 0 Å². The molecule has 96 valence electrons. The molecule has 1 aliphatic carbocycles. The lowest BCUT2D eigenvalue weighted by Crippen LogP contribution is -2.36. The van der Waals surface area contributed by atoms with Crippen molar-refractivity contribution in [1.29, 1.82) is 0 Å². The van der Waals surface area contributed by atoms with E-state index in [1.807, 2.05) is 0 Å². The van der Waals surface area contributed by atoms with E-state index in [1.54, 1.807) is 0 Å². The lowest BCUT2D eigenvalue weighted by molar-refractivity contribution is 0.316. The van der Waals surface area contributed by atoms with Gasteiger partial charge in [0, 0.05) is 6.04 Å². The van der Waals surface area contributed by atoms with Crippen LogP contribution in [0.25, 0.3) is 0 Å². The maximum atomic E-state index is 3.77. The van der Waals surface area contributed by atoms with Crippen molar-refractivity contribution < 1.29 is 0 Å². The molecule has 1 aliphatic rings. The van der Waals surface area contributed by atoms with Crippen molar-refractivity contribution in [2.45, 2.75) is 78.2 Å². The van der Waals surface area contributed by atoms with Crippen molar-refractivity contribution >= 4 is 0 Å². The molecule has 0 aliphatic heterocycles. The molecule has 0 bridgehead atoms. The summed E-state index contributed by atoms with van der Waals surface area (Å²) >= 11 is 0. The highest BCUT2D eigenvalue weighted by atomic mass is 14.9. The van der Waals surface area contributed by atoms with Crippen LogP contribution in [-0.4, -0.2) is 12.6 Å². The molecule has 0 heterocycles. The summed E-state index contributed by atoms with van der Waals surface area (Å²) in [6.07, 6.45) is 11.3. The average molecular weight is 225 g/mol. The van der Waals surface area contributed by atoms with Gasteiger partial charge < -0.3 is 5.32 Å². The minimum Gasteiger partial charge on any atom is -0.314 e. The summed E-state index contributed by atoms with van der Waals surface area (Å²) in [5.41, 5.74) is 0. The Kier molecular flexibility index (Phi) is 7.11. The third-order valence-corrected chi connectivity index (χ3v) is 4.03. The predicted molar refractivity (Wildman–Crippen MR) is 72.7 cm³/mol. The van der Waals surface area contributed by atoms with E-state index >= 15 is 0 Å². The Morgan fingerprint density at radius 1 is 1.06 bits per heavy atom. The summed E-state index contributed by atoms with van der Waals surface area (Å²) in [7, 11) is 0. The molecule has 0 aromatic carbocycles. The van der Waals surface area contributed by atoms with Crippen LogP contribution in [-0.2, 0) is 0 Å². The molecule has 2 atom stereocenters. The largest absolute Gasteiger partial charge is 0.314 e. The highest BCUT2D eigenvalue weighted by molar-refractivity contribution is 4.86. The fraction of sp³-hybridized carbons (Fsp3) is 1.00. The molecule has 0 aromatic heterocycles. The second kappa shape index (κ2) is 8.11. The normalized spacial score (nSPS) is 19.7. The Balaban J connectivity index is 2.19. The molecule has 0 amide bonds. The summed E-state index contributed by atoms with van der Waals surface area (Å²) in [6, 6.07) is 0.796. The molecular weight excluding hydrogens is 194 g/mol. The fourth-order valence-corrected chi connectivity index (χ4v) is 2.62. The van der Waals surface area contributed by atoms with Gasteiger partial charge in [0.15, 0.2) is 0 Å². The molecule has 0 saturated heterocycles. The smallest absolute Gasteiger partial charge is 0.00953 e. The third kappa shape index (κ3) is 5.34. The van der Waals surface area contributed by atoms with Crippen LogP contribution in [0.15, 0.2) is 0 Å². The van der Waals surface area contributed by atoms with Gasteiger partial charge >= 0.3 is 0 Å². The minimum atomic E-state index is 0.796. The van der Waals surface area contributed by atoms with E-state index < -0.39 is 0 Å². The van der Waals surface area contributed by atoms with Gasteiger partial charge in [-0.15, -0.1) is 0 Å². The van der Waals surface area contributed by atoms with Crippen LogP contribution in [0.1, 0.15) is 72.1 Å². The van der Waals surface area contributed by atoms with Crippen LogP contribution in [0.2, 0.25) is 0 Å². The zero-order valence-corrected chi connectivity index (χ0v) is 11.6. The molecule has 2 unspecified atom stereocenters. The number of unbranched alkanes of at least 4 members (excludes halogenated alkanes) is 3. The highest BCUT2D eigenvalue weighted by Gasteiger charge is 2.32. The summed E-state index contributed by atoms with van der Waals surface area (Å²) in [4.78, 5) is 0. The number of nitrogens with one attached hydrogen (secondary N) is 1. The van der Waals surface area contributed by atoms with Crippen molar-refractivity contribution in [3.05, 3.63) is 0 Å². The number of hydrogen-bond donors (Lipinski definition) is 1. The Labute approximate surface area is 102 Å². The first-order valence-electron chi connectivity index (χ1n) is 7.53. The Hall–Kier alpha value is -0.0400. The summed E-state index contributed by atoms with van der Waals surface area (Å²) in [5.74, 6) is 1.95. The topological polar surface area (TPSA) is 12.0 Å². The summed E-state index contributed by atoms with van der Waals surface area (Å²) < 4.78 is 0. The summed E-state index contributed by atoms with van der Waals surface area (Å²) in [6.45, 7) is 8.23. The van der Waals surface area contributed by atoms with Crippen molar-refractivity contribution in [3.63, 3.8) is 0 Å². The molecule has 0 aromatic rings. The molecule has 1 heteroatoms. The second-order valence-corrected chi connectivity index (χ2v) is 5.61. The van der Waals surface area contributed by atoms with Gasteiger partial charge in [-0.25, -0.2) is 0 Å².